The fourth-order valence-electron chi connectivity index (χ4n) is 4.71. The van der Waals surface area contributed by atoms with E-state index in [0.29, 0.717) is 5.78 Å². The van der Waals surface area contributed by atoms with Crippen molar-refractivity contribution in [2.45, 2.75) is 27.2 Å². The lowest BCUT2D eigenvalue weighted by molar-refractivity contribution is -0.125. The van der Waals surface area contributed by atoms with Gasteiger partial charge in [-0.3, -0.25) is 4.79 Å². The Balaban J connectivity index is 1.84. The Morgan fingerprint density at radius 1 is 0.840 bits per heavy atom. The van der Waals surface area contributed by atoms with E-state index in [2.05, 4.69) is 69.3 Å². The topological polar surface area (TPSA) is 17.1 Å². The maximum atomic E-state index is 13.2. The number of ketones is 1. The van der Waals surface area contributed by atoms with Crippen LogP contribution in [0.2, 0.25) is 0 Å². The highest BCUT2D eigenvalue weighted by molar-refractivity contribution is 6.09. The summed E-state index contributed by atoms with van der Waals surface area (Å²) < 4.78 is 0. The van der Waals surface area contributed by atoms with Crippen LogP contribution in [0, 0.1) is 16.7 Å². The second-order valence-corrected chi connectivity index (χ2v) is 8.13. The zero-order valence-corrected chi connectivity index (χ0v) is 15.1. The second kappa shape index (κ2) is 5.56. The van der Waals surface area contributed by atoms with E-state index in [-0.39, 0.29) is 16.7 Å². The normalized spacial score (nSPS) is 30.4. The molecule has 0 spiro atoms. The molecule has 0 amide bonds. The molecule has 2 saturated carbocycles. The van der Waals surface area contributed by atoms with Crippen LogP contribution in [0.4, 0.5) is 0 Å². The van der Waals surface area contributed by atoms with E-state index in [0.717, 1.165) is 17.6 Å². The molecule has 4 rings (SSSR count). The minimum atomic E-state index is -0.307. The first kappa shape index (κ1) is 16.1. The van der Waals surface area contributed by atoms with Gasteiger partial charge >= 0.3 is 0 Å². The summed E-state index contributed by atoms with van der Waals surface area (Å²) in [5, 5.41) is 0. The molecule has 2 fully saturated rings. The van der Waals surface area contributed by atoms with Gasteiger partial charge in [0.15, 0.2) is 5.78 Å². The number of Topliss-reactive ketones (excluding diaryl/α,β-unsaturated/α-hetero) is 1. The van der Waals surface area contributed by atoms with Crippen molar-refractivity contribution in [2.75, 3.05) is 0 Å². The lowest BCUT2D eigenvalue weighted by Crippen LogP contribution is -2.32. The van der Waals surface area contributed by atoms with E-state index in [4.69, 9.17) is 0 Å². The molecule has 0 radical (unpaired) electrons. The summed E-state index contributed by atoms with van der Waals surface area (Å²) in [5.74, 6) is 0.530. The van der Waals surface area contributed by atoms with Crippen LogP contribution in [-0.2, 0) is 4.79 Å². The highest BCUT2D eigenvalue weighted by Gasteiger charge is 2.65. The minimum Gasteiger partial charge on any atom is -0.294 e. The zero-order valence-electron chi connectivity index (χ0n) is 15.1. The Kier molecular flexibility index (Phi) is 3.57. The Morgan fingerprint density at radius 3 is 1.88 bits per heavy atom. The molecule has 0 saturated heterocycles. The first-order valence-electron chi connectivity index (χ1n) is 9.00. The molecule has 2 atom stereocenters. The van der Waals surface area contributed by atoms with Crippen molar-refractivity contribution in [1.82, 2.24) is 0 Å². The van der Waals surface area contributed by atoms with Gasteiger partial charge in [-0.25, -0.2) is 0 Å². The number of benzene rings is 2. The molecular weight excluding hydrogens is 304 g/mol. The van der Waals surface area contributed by atoms with Crippen molar-refractivity contribution >= 4 is 17.9 Å². The molecule has 25 heavy (non-hydrogen) atoms. The standard InChI is InChI=1S/C24H24O/c1-23(2)21-19(14-17-10-6-4-7-11-17)16-24(23,3)22(25)20(21)15-18-12-8-5-9-13-18/h4-15,21H,16H2,1-3H3/b19-14-,20-15-. The predicted molar refractivity (Wildman–Crippen MR) is 104 cm³/mol. The molecule has 2 aromatic rings. The van der Waals surface area contributed by atoms with Crippen molar-refractivity contribution in [3.05, 3.63) is 82.9 Å². The summed E-state index contributed by atoms with van der Waals surface area (Å²) in [7, 11) is 0. The zero-order chi connectivity index (χ0) is 17.7. The van der Waals surface area contributed by atoms with Crippen LogP contribution >= 0.6 is 0 Å². The number of carbonyl (C=O) groups excluding carboxylic acids is 1. The van der Waals surface area contributed by atoms with Crippen molar-refractivity contribution in [2.24, 2.45) is 16.7 Å². The molecule has 2 aromatic carbocycles. The van der Waals surface area contributed by atoms with Crippen LogP contribution in [0.5, 0.6) is 0 Å². The molecule has 2 aliphatic rings. The first-order valence-corrected chi connectivity index (χ1v) is 9.00. The first-order chi connectivity index (χ1) is 11.9. The van der Waals surface area contributed by atoms with Crippen LogP contribution < -0.4 is 0 Å². The fourth-order valence-corrected chi connectivity index (χ4v) is 4.71. The maximum Gasteiger partial charge on any atom is 0.166 e. The van der Waals surface area contributed by atoms with Gasteiger partial charge in [0.05, 0.1) is 0 Å². The molecule has 2 unspecified atom stereocenters. The summed E-state index contributed by atoms with van der Waals surface area (Å²) in [4.78, 5) is 13.2. The van der Waals surface area contributed by atoms with Crippen LogP contribution in [0.15, 0.2) is 71.8 Å². The van der Waals surface area contributed by atoms with E-state index in [1.165, 1.54) is 11.1 Å². The third kappa shape index (κ3) is 2.33. The molecule has 1 heteroatoms. The van der Waals surface area contributed by atoms with Gasteiger partial charge in [0.2, 0.25) is 0 Å². The van der Waals surface area contributed by atoms with E-state index in [1.807, 2.05) is 24.3 Å². The third-order valence-electron chi connectivity index (χ3n) is 6.42. The quantitative estimate of drug-likeness (QED) is 0.638. The van der Waals surface area contributed by atoms with Gasteiger partial charge in [0.25, 0.3) is 0 Å². The lowest BCUT2D eigenvalue weighted by Gasteiger charge is -2.31. The smallest absolute Gasteiger partial charge is 0.166 e. The summed E-state index contributed by atoms with van der Waals surface area (Å²) in [5.41, 5.74) is 4.34. The van der Waals surface area contributed by atoms with Gasteiger partial charge in [0, 0.05) is 16.9 Å². The van der Waals surface area contributed by atoms with Gasteiger partial charge in [-0.05, 0) is 29.0 Å². The molecule has 126 valence electrons. The van der Waals surface area contributed by atoms with Crippen molar-refractivity contribution in [1.29, 1.82) is 0 Å². The molecule has 0 N–H and O–H groups in total. The summed E-state index contributed by atoms with van der Waals surface area (Å²) in [6.07, 6.45) is 5.27. The summed E-state index contributed by atoms with van der Waals surface area (Å²) in [6.45, 7) is 6.67. The van der Waals surface area contributed by atoms with Crippen LogP contribution in [-0.4, -0.2) is 5.78 Å². The molecule has 0 aliphatic heterocycles. The van der Waals surface area contributed by atoms with Crippen molar-refractivity contribution < 1.29 is 4.79 Å². The van der Waals surface area contributed by atoms with Gasteiger partial charge in [0.1, 0.15) is 0 Å². The molecular formula is C24H24O. The van der Waals surface area contributed by atoms with Crippen molar-refractivity contribution in [3.8, 4) is 0 Å². The summed E-state index contributed by atoms with van der Waals surface area (Å²) in [6, 6.07) is 20.7. The maximum absolute atomic E-state index is 13.2. The Morgan fingerprint density at radius 2 is 1.36 bits per heavy atom. The molecule has 0 heterocycles. The van der Waals surface area contributed by atoms with E-state index >= 15 is 0 Å². The molecule has 2 aliphatic carbocycles. The van der Waals surface area contributed by atoms with E-state index < -0.39 is 0 Å². The number of carbonyl (C=O) groups is 1. The van der Waals surface area contributed by atoms with Gasteiger partial charge < -0.3 is 0 Å². The van der Waals surface area contributed by atoms with E-state index in [1.54, 1.807) is 0 Å². The highest BCUT2D eigenvalue weighted by atomic mass is 16.1. The van der Waals surface area contributed by atoms with Crippen LogP contribution in [0.25, 0.3) is 12.2 Å². The van der Waals surface area contributed by atoms with Crippen LogP contribution in [0.3, 0.4) is 0 Å². The average Bonchev–Trinajstić information content (AvgIpc) is 2.88. The summed E-state index contributed by atoms with van der Waals surface area (Å²) >= 11 is 0. The second-order valence-electron chi connectivity index (χ2n) is 8.13. The number of hydrogen-bond donors (Lipinski definition) is 0. The number of fused-ring (bicyclic) bond motifs is 2. The molecule has 0 aromatic heterocycles. The molecule has 1 nitrogen and oxygen atoms in total. The van der Waals surface area contributed by atoms with Crippen LogP contribution in [0.1, 0.15) is 38.3 Å². The SMILES string of the molecule is CC12C/C(=C/c3ccccc3)C(/C(=C/c3ccccc3)C1=O)C2(C)C. The largest absolute Gasteiger partial charge is 0.294 e. The predicted octanol–water partition coefficient (Wildman–Crippen LogP) is 5.79. The number of rotatable bonds is 2. The van der Waals surface area contributed by atoms with Gasteiger partial charge in [-0.2, -0.15) is 0 Å². The average molecular weight is 328 g/mol. The Hall–Kier alpha value is -2.41. The van der Waals surface area contributed by atoms with Gasteiger partial charge in [-0.1, -0.05) is 93.1 Å². The van der Waals surface area contributed by atoms with Crippen molar-refractivity contribution in [3.63, 3.8) is 0 Å². The number of allylic oxidation sites excluding steroid dienone is 2. The lowest BCUT2D eigenvalue weighted by atomic mass is 9.70. The Bertz CT molecular complexity index is 871. The minimum absolute atomic E-state index is 0.0503. The molecule has 2 bridgehead atoms. The van der Waals surface area contributed by atoms with Gasteiger partial charge in [-0.15, -0.1) is 0 Å². The van der Waals surface area contributed by atoms with E-state index in [9.17, 15) is 4.79 Å². The monoisotopic (exact) mass is 328 g/mol. The number of hydrogen-bond acceptors (Lipinski definition) is 1. The third-order valence-corrected chi connectivity index (χ3v) is 6.42. The highest BCUT2D eigenvalue weighted by Crippen LogP contribution is 2.68. The fraction of sp³-hybridized carbons (Fsp3) is 0.292. The Labute approximate surface area is 150 Å².